The van der Waals surface area contributed by atoms with Crippen molar-refractivity contribution in [2.24, 2.45) is 5.92 Å². The molecule has 0 unspecified atom stereocenters. The molecule has 7 nitrogen and oxygen atoms in total. The third kappa shape index (κ3) is 3.84. The number of aromatic nitrogens is 2. The van der Waals surface area contributed by atoms with E-state index in [4.69, 9.17) is 4.42 Å². The predicted octanol–water partition coefficient (Wildman–Crippen LogP) is 2.89. The number of amides is 1. The van der Waals surface area contributed by atoms with Crippen LogP contribution in [0.2, 0.25) is 0 Å². The lowest BCUT2D eigenvalue weighted by atomic mass is 9.99. The predicted molar refractivity (Wildman–Crippen MR) is 109 cm³/mol. The smallest absolute Gasteiger partial charge is 0.257 e. The van der Waals surface area contributed by atoms with Crippen molar-refractivity contribution >= 4 is 17.5 Å². The Labute approximate surface area is 166 Å². The molecule has 2 aromatic rings. The Morgan fingerprint density at radius 1 is 0.964 bits per heavy atom. The molecule has 0 radical (unpaired) electrons. The van der Waals surface area contributed by atoms with Crippen LogP contribution < -0.4 is 9.80 Å². The van der Waals surface area contributed by atoms with Gasteiger partial charge in [0.05, 0.1) is 5.56 Å². The maximum absolute atomic E-state index is 12.7. The van der Waals surface area contributed by atoms with Gasteiger partial charge in [-0.1, -0.05) is 6.92 Å². The van der Waals surface area contributed by atoms with Crippen LogP contribution in [0.3, 0.4) is 0 Å². The van der Waals surface area contributed by atoms with Crippen molar-refractivity contribution < 1.29 is 9.21 Å². The van der Waals surface area contributed by atoms with Gasteiger partial charge in [-0.3, -0.25) is 4.79 Å². The van der Waals surface area contributed by atoms with Crippen LogP contribution in [-0.4, -0.2) is 60.3 Å². The van der Waals surface area contributed by atoms with Crippen LogP contribution in [0.5, 0.6) is 0 Å². The van der Waals surface area contributed by atoms with E-state index in [9.17, 15) is 4.79 Å². The van der Waals surface area contributed by atoms with Gasteiger partial charge < -0.3 is 19.1 Å². The van der Waals surface area contributed by atoms with Gasteiger partial charge in [-0.25, -0.2) is 0 Å². The zero-order valence-corrected chi connectivity index (χ0v) is 17.0. The zero-order chi connectivity index (χ0) is 19.7. The highest BCUT2D eigenvalue weighted by Crippen LogP contribution is 2.23. The normalized spacial score (nSPS) is 18.6. The molecule has 4 rings (SSSR count). The molecule has 0 saturated carbocycles. The van der Waals surface area contributed by atoms with Gasteiger partial charge in [0.2, 0.25) is 0 Å². The Hall–Kier alpha value is -2.57. The van der Waals surface area contributed by atoms with Crippen molar-refractivity contribution in [3.63, 3.8) is 0 Å². The summed E-state index contributed by atoms with van der Waals surface area (Å²) in [5, 5.41) is 8.92. The van der Waals surface area contributed by atoms with Crippen LogP contribution >= 0.6 is 0 Å². The molecule has 1 amide bonds. The second-order valence-electron chi connectivity index (χ2n) is 8.03. The van der Waals surface area contributed by atoms with E-state index in [1.165, 1.54) is 12.8 Å². The molecule has 2 aromatic heterocycles. The first-order valence-electron chi connectivity index (χ1n) is 10.2. The number of nitrogens with zero attached hydrogens (tertiary/aromatic N) is 5. The van der Waals surface area contributed by atoms with E-state index in [0.29, 0.717) is 24.4 Å². The molecule has 0 aliphatic carbocycles. The maximum atomic E-state index is 12.7. The molecule has 2 aliphatic rings. The van der Waals surface area contributed by atoms with E-state index in [1.807, 2.05) is 24.8 Å². The first kappa shape index (κ1) is 18.8. The van der Waals surface area contributed by atoms with Crippen molar-refractivity contribution in [1.82, 2.24) is 15.1 Å². The lowest BCUT2D eigenvalue weighted by Crippen LogP contribution is -2.49. The summed E-state index contributed by atoms with van der Waals surface area (Å²) in [6.45, 7) is 11.0. The van der Waals surface area contributed by atoms with E-state index in [2.05, 4.69) is 39.1 Å². The molecule has 2 saturated heterocycles. The maximum Gasteiger partial charge on any atom is 0.257 e. The number of carbonyl (C=O) groups excluding carboxylic acids is 1. The standard InChI is InChI=1S/C21H29N5O2/c1-15-6-8-24(9-7-15)19-4-5-20(23-22-19)25-10-12-26(13-11-25)21(27)18-14-16(2)28-17(18)3/h4-5,14-15H,6-13H2,1-3H3. The lowest BCUT2D eigenvalue weighted by molar-refractivity contribution is 0.0744. The van der Waals surface area contributed by atoms with E-state index >= 15 is 0 Å². The molecule has 0 N–H and O–H groups in total. The van der Waals surface area contributed by atoms with Crippen molar-refractivity contribution in [3.05, 3.63) is 35.3 Å². The summed E-state index contributed by atoms with van der Waals surface area (Å²) < 4.78 is 5.50. The number of furan rings is 1. The minimum absolute atomic E-state index is 0.0507. The lowest BCUT2D eigenvalue weighted by Gasteiger charge is -2.35. The number of anilines is 2. The zero-order valence-electron chi connectivity index (χ0n) is 17.0. The van der Waals surface area contributed by atoms with Gasteiger partial charge in [0.25, 0.3) is 5.91 Å². The number of piperidine rings is 1. The van der Waals surface area contributed by atoms with Crippen molar-refractivity contribution in [1.29, 1.82) is 0 Å². The minimum atomic E-state index is 0.0507. The van der Waals surface area contributed by atoms with Gasteiger partial charge in [-0.15, -0.1) is 10.2 Å². The molecule has 28 heavy (non-hydrogen) atoms. The highest BCUT2D eigenvalue weighted by atomic mass is 16.3. The highest BCUT2D eigenvalue weighted by Gasteiger charge is 2.25. The largest absolute Gasteiger partial charge is 0.466 e. The summed E-state index contributed by atoms with van der Waals surface area (Å²) in [6, 6.07) is 5.96. The van der Waals surface area contributed by atoms with Crippen LogP contribution in [0.15, 0.2) is 22.6 Å². The summed E-state index contributed by atoms with van der Waals surface area (Å²) in [5.41, 5.74) is 0.672. The average molecular weight is 383 g/mol. The fourth-order valence-electron chi connectivity index (χ4n) is 4.05. The molecule has 0 spiro atoms. The summed E-state index contributed by atoms with van der Waals surface area (Å²) in [6.07, 6.45) is 2.43. The summed E-state index contributed by atoms with van der Waals surface area (Å²) in [4.78, 5) is 19.1. The molecular weight excluding hydrogens is 354 g/mol. The van der Waals surface area contributed by atoms with Crippen molar-refractivity contribution in [3.8, 4) is 0 Å². The monoisotopic (exact) mass is 383 g/mol. The van der Waals surface area contributed by atoms with Crippen LogP contribution in [0, 0.1) is 19.8 Å². The second kappa shape index (κ2) is 7.81. The fourth-order valence-corrected chi connectivity index (χ4v) is 4.05. The summed E-state index contributed by atoms with van der Waals surface area (Å²) >= 11 is 0. The van der Waals surface area contributed by atoms with Gasteiger partial charge >= 0.3 is 0 Å². The number of hydrogen-bond donors (Lipinski definition) is 0. The van der Waals surface area contributed by atoms with Gasteiger partial charge in [-0.05, 0) is 50.8 Å². The SMILES string of the molecule is Cc1cc(C(=O)N2CCN(c3ccc(N4CCC(C)CC4)nn3)CC2)c(C)o1. The number of aryl methyl sites for hydroxylation is 2. The number of rotatable bonds is 3. The average Bonchev–Trinajstić information content (AvgIpc) is 3.06. The van der Waals surface area contributed by atoms with Gasteiger partial charge in [0.15, 0.2) is 11.6 Å². The fraction of sp³-hybridized carbons (Fsp3) is 0.571. The molecule has 7 heteroatoms. The summed E-state index contributed by atoms with van der Waals surface area (Å²) in [5.74, 6) is 4.18. The van der Waals surface area contributed by atoms with E-state index < -0.39 is 0 Å². The first-order chi connectivity index (χ1) is 13.5. The number of hydrogen-bond acceptors (Lipinski definition) is 6. The molecule has 0 atom stereocenters. The molecule has 4 heterocycles. The number of piperazine rings is 1. The highest BCUT2D eigenvalue weighted by molar-refractivity contribution is 5.95. The van der Waals surface area contributed by atoms with Crippen LogP contribution in [0.4, 0.5) is 11.6 Å². The Morgan fingerprint density at radius 2 is 1.54 bits per heavy atom. The molecule has 0 bridgehead atoms. The molecule has 2 aliphatic heterocycles. The quantitative estimate of drug-likeness (QED) is 0.812. The van der Waals surface area contributed by atoms with Crippen LogP contribution in [0.25, 0.3) is 0 Å². The third-order valence-corrected chi connectivity index (χ3v) is 5.91. The van der Waals surface area contributed by atoms with Gasteiger partial charge in [-0.2, -0.15) is 0 Å². The first-order valence-corrected chi connectivity index (χ1v) is 10.2. The number of carbonyl (C=O) groups is 1. The van der Waals surface area contributed by atoms with Gasteiger partial charge in [0.1, 0.15) is 11.5 Å². The Morgan fingerprint density at radius 3 is 2.04 bits per heavy atom. The second-order valence-corrected chi connectivity index (χ2v) is 8.03. The topological polar surface area (TPSA) is 65.7 Å². The third-order valence-electron chi connectivity index (χ3n) is 5.91. The van der Waals surface area contributed by atoms with Gasteiger partial charge in [0, 0.05) is 39.3 Å². The molecule has 0 aromatic carbocycles. The van der Waals surface area contributed by atoms with Crippen molar-refractivity contribution in [2.75, 3.05) is 49.1 Å². The van der Waals surface area contributed by atoms with E-state index in [0.717, 1.165) is 49.5 Å². The van der Waals surface area contributed by atoms with E-state index in [1.54, 1.807) is 0 Å². The Kier molecular flexibility index (Phi) is 5.24. The molecular formula is C21H29N5O2. The molecule has 2 fully saturated rings. The summed E-state index contributed by atoms with van der Waals surface area (Å²) in [7, 11) is 0. The van der Waals surface area contributed by atoms with Crippen molar-refractivity contribution in [2.45, 2.75) is 33.6 Å². The van der Waals surface area contributed by atoms with E-state index in [-0.39, 0.29) is 5.91 Å². The Balaban J connectivity index is 1.35. The minimum Gasteiger partial charge on any atom is -0.466 e. The van der Waals surface area contributed by atoms with Crippen LogP contribution in [0.1, 0.15) is 41.6 Å². The Bertz CT molecular complexity index is 816. The molecule has 150 valence electrons. The van der Waals surface area contributed by atoms with Crippen LogP contribution in [-0.2, 0) is 0 Å².